The summed E-state index contributed by atoms with van der Waals surface area (Å²) in [6, 6.07) is 13.6. The topological polar surface area (TPSA) is 57.5 Å². The number of hydrogen-bond donors (Lipinski definition) is 2. The van der Waals surface area contributed by atoms with Crippen molar-refractivity contribution in [2.75, 3.05) is 36.4 Å². The average molecular weight is 404 g/mol. The van der Waals surface area contributed by atoms with Gasteiger partial charge in [0.1, 0.15) is 11.5 Å². The molecule has 7 heteroatoms. The standard InChI is InChI=1S/C23H25FN6/c1-15(2)21-8-6-17-4-3-16-14-26-23(28-22(16)30(17)21)27-20-7-5-18(13-19(20)24)29-11-9-25-10-12-29/h3-8,13-15,25H,9-12H2,1-2H3,(H,26,27,28). The Morgan fingerprint density at radius 1 is 1.07 bits per heavy atom. The molecule has 1 aliphatic heterocycles. The maximum absolute atomic E-state index is 14.8. The molecule has 5 rings (SSSR count). The fourth-order valence-electron chi connectivity index (χ4n) is 4.05. The lowest BCUT2D eigenvalue weighted by Crippen LogP contribution is -2.43. The van der Waals surface area contributed by atoms with E-state index >= 15 is 0 Å². The van der Waals surface area contributed by atoms with Gasteiger partial charge in [0.05, 0.1) is 5.69 Å². The van der Waals surface area contributed by atoms with E-state index in [0.717, 1.165) is 48.4 Å². The predicted molar refractivity (Wildman–Crippen MR) is 119 cm³/mol. The molecular formula is C23H25FN6. The highest BCUT2D eigenvalue weighted by molar-refractivity contribution is 5.80. The summed E-state index contributed by atoms with van der Waals surface area (Å²) in [4.78, 5) is 11.3. The van der Waals surface area contributed by atoms with Crippen LogP contribution in [0.4, 0.5) is 21.7 Å². The Morgan fingerprint density at radius 2 is 1.87 bits per heavy atom. The van der Waals surface area contributed by atoms with Crippen molar-refractivity contribution in [3.8, 4) is 0 Å². The van der Waals surface area contributed by atoms with Gasteiger partial charge in [0.2, 0.25) is 5.95 Å². The Balaban J connectivity index is 1.49. The Labute approximate surface area is 174 Å². The Kier molecular flexibility index (Phi) is 4.75. The highest BCUT2D eigenvalue weighted by Crippen LogP contribution is 2.27. The number of benzene rings is 1. The van der Waals surface area contributed by atoms with Crippen LogP contribution in [0.1, 0.15) is 25.5 Å². The highest BCUT2D eigenvalue weighted by Gasteiger charge is 2.14. The van der Waals surface area contributed by atoms with E-state index in [1.54, 1.807) is 18.3 Å². The minimum Gasteiger partial charge on any atom is -0.369 e. The summed E-state index contributed by atoms with van der Waals surface area (Å²) in [6.07, 6.45) is 1.78. The third-order valence-corrected chi connectivity index (χ3v) is 5.66. The fraction of sp³-hybridized carbons (Fsp3) is 0.304. The molecule has 4 aromatic rings. The Hall–Kier alpha value is -3.19. The van der Waals surface area contributed by atoms with E-state index < -0.39 is 0 Å². The molecule has 30 heavy (non-hydrogen) atoms. The summed E-state index contributed by atoms with van der Waals surface area (Å²) in [7, 11) is 0. The first-order chi connectivity index (χ1) is 14.6. The van der Waals surface area contributed by atoms with Gasteiger partial charge < -0.3 is 15.5 Å². The van der Waals surface area contributed by atoms with Crippen LogP contribution in [0.25, 0.3) is 16.6 Å². The van der Waals surface area contributed by atoms with Crippen molar-refractivity contribution >= 4 is 33.9 Å². The van der Waals surface area contributed by atoms with Crippen LogP contribution in [0, 0.1) is 5.82 Å². The molecule has 0 aliphatic carbocycles. The van der Waals surface area contributed by atoms with E-state index in [2.05, 4.69) is 57.0 Å². The zero-order valence-corrected chi connectivity index (χ0v) is 17.2. The van der Waals surface area contributed by atoms with Crippen LogP contribution in [0.3, 0.4) is 0 Å². The number of piperazine rings is 1. The van der Waals surface area contributed by atoms with Crippen molar-refractivity contribution in [3.63, 3.8) is 0 Å². The number of nitrogens with one attached hydrogen (secondary N) is 2. The van der Waals surface area contributed by atoms with Crippen LogP contribution in [0.2, 0.25) is 0 Å². The number of rotatable bonds is 4. The van der Waals surface area contributed by atoms with Crippen molar-refractivity contribution in [3.05, 3.63) is 60.2 Å². The first kappa shape index (κ1) is 18.8. The predicted octanol–water partition coefficient (Wildman–Crippen LogP) is 4.30. The van der Waals surface area contributed by atoms with Crippen LogP contribution >= 0.6 is 0 Å². The van der Waals surface area contributed by atoms with Gasteiger partial charge in [-0.2, -0.15) is 4.98 Å². The molecule has 3 aromatic heterocycles. The van der Waals surface area contributed by atoms with Gasteiger partial charge in [0.15, 0.2) is 0 Å². The van der Waals surface area contributed by atoms with E-state index in [0.29, 0.717) is 17.6 Å². The summed E-state index contributed by atoms with van der Waals surface area (Å²) in [6.45, 7) is 7.92. The molecule has 0 unspecified atom stereocenters. The fourth-order valence-corrected chi connectivity index (χ4v) is 4.05. The molecule has 1 aliphatic rings. The Bertz CT molecular complexity index is 1210. The minimum absolute atomic E-state index is 0.309. The number of aromatic nitrogens is 3. The molecule has 0 spiro atoms. The lowest BCUT2D eigenvalue weighted by atomic mass is 10.1. The molecule has 0 bridgehead atoms. The number of pyridine rings is 1. The maximum atomic E-state index is 14.8. The third-order valence-electron chi connectivity index (χ3n) is 5.66. The molecule has 0 atom stereocenters. The van der Waals surface area contributed by atoms with Crippen LogP contribution in [0.5, 0.6) is 0 Å². The van der Waals surface area contributed by atoms with Crippen molar-refractivity contribution in [2.24, 2.45) is 0 Å². The molecule has 0 amide bonds. The quantitative estimate of drug-likeness (QED) is 0.531. The lowest BCUT2D eigenvalue weighted by Gasteiger charge is -2.29. The summed E-state index contributed by atoms with van der Waals surface area (Å²) in [5.74, 6) is 0.434. The normalized spacial score (nSPS) is 14.7. The van der Waals surface area contributed by atoms with Gasteiger partial charge in [0.25, 0.3) is 0 Å². The first-order valence-electron chi connectivity index (χ1n) is 10.4. The average Bonchev–Trinajstić information content (AvgIpc) is 3.21. The molecule has 0 saturated carbocycles. The number of anilines is 3. The SMILES string of the molecule is CC(C)c1ccc2ccc3cnc(Nc4ccc(N5CCNCC5)cc4F)nc3n12. The van der Waals surface area contributed by atoms with Crippen molar-refractivity contribution in [1.29, 1.82) is 0 Å². The first-order valence-corrected chi connectivity index (χ1v) is 10.4. The highest BCUT2D eigenvalue weighted by atomic mass is 19.1. The number of fused-ring (bicyclic) bond motifs is 3. The van der Waals surface area contributed by atoms with Gasteiger partial charge in [-0.25, -0.2) is 9.37 Å². The molecule has 6 nitrogen and oxygen atoms in total. The minimum atomic E-state index is -0.309. The summed E-state index contributed by atoms with van der Waals surface area (Å²) < 4.78 is 17.0. The maximum Gasteiger partial charge on any atom is 0.229 e. The van der Waals surface area contributed by atoms with Gasteiger partial charge in [-0.05, 0) is 48.4 Å². The van der Waals surface area contributed by atoms with Gasteiger partial charge in [-0.3, -0.25) is 4.40 Å². The van der Waals surface area contributed by atoms with E-state index in [9.17, 15) is 4.39 Å². The lowest BCUT2D eigenvalue weighted by molar-refractivity contribution is 0.585. The van der Waals surface area contributed by atoms with Crippen LogP contribution in [-0.2, 0) is 0 Å². The van der Waals surface area contributed by atoms with Crippen molar-refractivity contribution < 1.29 is 4.39 Å². The monoisotopic (exact) mass is 404 g/mol. The van der Waals surface area contributed by atoms with Gasteiger partial charge >= 0.3 is 0 Å². The molecule has 1 fully saturated rings. The number of hydrogen-bond acceptors (Lipinski definition) is 5. The van der Waals surface area contributed by atoms with Gasteiger partial charge in [0, 0.05) is 54.7 Å². The smallest absolute Gasteiger partial charge is 0.229 e. The zero-order valence-electron chi connectivity index (χ0n) is 17.2. The van der Waals surface area contributed by atoms with Crippen LogP contribution < -0.4 is 15.5 Å². The van der Waals surface area contributed by atoms with E-state index in [4.69, 9.17) is 4.98 Å². The number of nitrogens with zero attached hydrogens (tertiary/aromatic N) is 4. The second-order valence-corrected chi connectivity index (χ2v) is 8.01. The second kappa shape index (κ2) is 7.57. The number of halogens is 1. The molecule has 4 heterocycles. The second-order valence-electron chi connectivity index (χ2n) is 8.01. The van der Waals surface area contributed by atoms with E-state index in [1.807, 2.05) is 12.1 Å². The molecule has 0 radical (unpaired) electrons. The summed E-state index contributed by atoms with van der Waals surface area (Å²) in [5, 5.41) is 7.32. The van der Waals surface area contributed by atoms with E-state index in [-0.39, 0.29) is 5.82 Å². The Morgan fingerprint density at radius 3 is 2.63 bits per heavy atom. The summed E-state index contributed by atoms with van der Waals surface area (Å²) >= 11 is 0. The van der Waals surface area contributed by atoms with E-state index in [1.165, 1.54) is 5.69 Å². The van der Waals surface area contributed by atoms with Crippen molar-refractivity contribution in [2.45, 2.75) is 19.8 Å². The molecule has 1 aromatic carbocycles. The summed E-state index contributed by atoms with van der Waals surface area (Å²) in [5.41, 5.74) is 4.36. The molecular weight excluding hydrogens is 379 g/mol. The molecule has 1 saturated heterocycles. The van der Waals surface area contributed by atoms with Gasteiger partial charge in [-0.15, -0.1) is 0 Å². The molecule has 2 N–H and O–H groups in total. The van der Waals surface area contributed by atoms with Crippen molar-refractivity contribution in [1.82, 2.24) is 19.7 Å². The van der Waals surface area contributed by atoms with Crippen LogP contribution in [0.15, 0.2) is 48.7 Å². The zero-order chi connectivity index (χ0) is 20.7. The largest absolute Gasteiger partial charge is 0.369 e. The third kappa shape index (κ3) is 3.35. The van der Waals surface area contributed by atoms with Crippen LogP contribution in [-0.4, -0.2) is 40.5 Å². The molecule has 154 valence electrons. The van der Waals surface area contributed by atoms with Gasteiger partial charge in [-0.1, -0.05) is 13.8 Å².